The standard InChI is InChI=1S/C11H12NO4.V/c13-10-6-8(12(10)7-11(14)15)3-4-9-2-1-5-16-9;/h1-2,5-6,8H,3-4,7H2,(H,14,15);/q-1;/t8-;/m1./s1. The number of furan rings is 1. The molecule has 2 heterocycles. The van der Waals surface area contributed by atoms with Crippen LogP contribution in [-0.4, -0.2) is 34.5 Å². The van der Waals surface area contributed by atoms with Crippen LogP contribution in [-0.2, 0) is 34.6 Å². The summed E-state index contributed by atoms with van der Waals surface area (Å²) in [6, 6.07) is 3.59. The Bertz CT molecular complexity index is 390. The molecule has 1 radical (unpaired) electrons. The van der Waals surface area contributed by atoms with E-state index in [1.807, 2.05) is 6.07 Å². The Labute approximate surface area is 111 Å². The second-order valence-corrected chi connectivity index (χ2v) is 3.71. The van der Waals surface area contributed by atoms with Crippen molar-refractivity contribution in [3.05, 3.63) is 30.6 Å². The van der Waals surface area contributed by atoms with Crippen molar-refractivity contribution in [3.63, 3.8) is 0 Å². The summed E-state index contributed by atoms with van der Waals surface area (Å²) in [6.07, 6.45) is 4.55. The van der Waals surface area contributed by atoms with E-state index in [-0.39, 0.29) is 37.0 Å². The molecule has 0 bridgehead atoms. The first-order valence-corrected chi connectivity index (χ1v) is 5.06. The van der Waals surface area contributed by atoms with Crippen molar-refractivity contribution in [2.75, 3.05) is 6.54 Å². The molecule has 1 fully saturated rings. The number of carboxylic acids is 1. The van der Waals surface area contributed by atoms with Gasteiger partial charge in [0.15, 0.2) is 0 Å². The summed E-state index contributed by atoms with van der Waals surface area (Å²) in [5.41, 5.74) is 0. The van der Waals surface area contributed by atoms with E-state index >= 15 is 0 Å². The first-order chi connectivity index (χ1) is 7.66. The van der Waals surface area contributed by atoms with Crippen molar-refractivity contribution < 1.29 is 37.7 Å². The normalized spacial score (nSPS) is 18.0. The van der Waals surface area contributed by atoms with Crippen molar-refractivity contribution in [3.8, 4) is 0 Å². The van der Waals surface area contributed by atoms with Gasteiger partial charge in [0.2, 0.25) is 0 Å². The van der Waals surface area contributed by atoms with Crippen LogP contribution in [0.25, 0.3) is 0 Å². The quantitative estimate of drug-likeness (QED) is 0.633. The number of aryl methyl sites for hydroxylation is 1. The fourth-order valence-corrected chi connectivity index (χ4v) is 1.76. The van der Waals surface area contributed by atoms with Crippen molar-refractivity contribution in [1.29, 1.82) is 0 Å². The molecule has 1 aliphatic heterocycles. The maximum Gasteiger partial charge on any atom is 0.323 e. The van der Waals surface area contributed by atoms with Crippen LogP contribution in [0, 0.1) is 6.42 Å². The smallest absolute Gasteiger partial charge is 0.323 e. The Morgan fingerprint density at radius 2 is 2.35 bits per heavy atom. The van der Waals surface area contributed by atoms with E-state index in [9.17, 15) is 9.59 Å². The van der Waals surface area contributed by atoms with Crippen molar-refractivity contribution in [2.24, 2.45) is 0 Å². The van der Waals surface area contributed by atoms with Crippen LogP contribution >= 0.6 is 0 Å². The van der Waals surface area contributed by atoms with Crippen molar-refractivity contribution >= 4 is 11.9 Å². The number of nitrogens with zero attached hydrogens (tertiary/aromatic N) is 1. The molecule has 5 nitrogen and oxygen atoms in total. The van der Waals surface area contributed by atoms with Crippen LogP contribution in [0.1, 0.15) is 12.2 Å². The molecule has 1 aromatic rings. The van der Waals surface area contributed by atoms with Gasteiger partial charge in [-0.1, -0.05) is 12.5 Å². The molecule has 1 aromatic heterocycles. The minimum atomic E-state index is -0.982. The maximum atomic E-state index is 11.1. The van der Waals surface area contributed by atoms with E-state index in [4.69, 9.17) is 9.52 Å². The van der Waals surface area contributed by atoms with Gasteiger partial charge in [-0.05, 0) is 12.1 Å². The second kappa shape index (κ2) is 5.84. The molecule has 0 saturated carbocycles. The summed E-state index contributed by atoms with van der Waals surface area (Å²) in [5.74, 6) is -0.334. The van der Waals surface area contributed by atoms with Gasteiger partial charge in [0, 0.05) is 25.0 Å². The van der Waals surface area contributed by atoms with Crippen LogP contribution in [0.5, 0.6) is 0 Å². The molecular weight excluding hydrogens is 261 g/mol. The zero-order valence-corrected chi connectivity index (χ0v) is 10.5. The summed E-state index contributed by atoms with van der Waals surface area (Å²) >= 11 is 0. The average Bonchev–Trinajstić information content (AvgIpc) is 2.73. The second-order valence-electron chi connectivity index (χ2n) is 3.71. The van der Waals surface area contributed by atoms with Gasteiger partial charge in [0.05, 0.1) is 12.2 Å². The molecule has 0 unspecified atom stereocenters. The van der Waals surface area contributed by atoms with Gasteiger partial charge in [-0.3, -0.25) is 11.2 Å². The van der Waals surface area contributed by atoms with Gasteiger partial charge in [0.1, 0.15) is 12.3 Å². The van der Waals surface area contributed by atoms with E-state index in [2.05, 4.69) is 0 Å². The molecule has 1 N–H and O–H groups in total. The Morgan fingerprint density at radius 3 is 2.88 bits per heavy atom. The Morgan fingerprint density at radius 1 is 1.59 bits per heavy atom. The van der Waals surface area contributed by atoms with Crippen LogP contribution in [0.3, 0.4) is 0 Å². The fraction of sp³-hybridized carbons (Fsp3) is 0.364. The first-order valence-electron chi connectivity index (χ1n) is 5.06. The molecule has 0 aromatic carbocycles. The van der Waals surface area contributed by atoms with Crippen LogP contribution in [0.15, 0.2) is 22.8 Å². The van der Waals surface area contributed by atoms with E-state index in [1.165, 1.54) is 4.90 Å². The molecule has 17 heavy (non-hydrogen) atoms. The van der Waals surface area contributed by atoms with E-state index in [0.29, 0.717) is 12.8 Å². The average molecular weight is 273 g/mol. The van der Waals surface area contributed by atoms with E-state index in [1.54, 1.807) is 18.8 Å². The van der Waals surface area contributed by atoms with Gasteiger partial charge in [-0.15, -0.1) is 0 Å². The molecule has 1 atom stereocenters. The summed E-state index contributed by atoms with van der Waals surface area (Å²) in [4.78, 5) is 23.0. The number of amides is 1. The number of carbonyl (C=O) groups excluding carboxylic acids is 1. The predicted octanol–water partition coefficient (Wildman–Crippen LogP) is 0.709. The number of likely N-dealkylation sites (tertiary alicyclic amines) is 1. The summed E-state index contributed by atoms with van der Waals surface area (Å²) < 4.78 is 5.16. The maximum absolute atomic E-state index is 11.1. The minimum Gasteiger partial charge on any atom is -0.480 e. The fourth-order valence-electron chi connectivity index (χ4n) is 1.76. The number of carbonyl (C=O) groups is 2. The SMILES string of the molecule is O=C(O)CN1C(=O)[CH-][C@H]1CCc1ccco1.[V]. The Hall–Kier alpha value is -1.33. The third kappa shape index (κ3) is 3.31. The first kappa shape index (κ1) is 13.7. The van der Waals surface area contributed by atoms with Gasteiger partial charge in [-0.2, -0.15) is 0 Å². The topological polar surface area (TPSA) is 70.8 Å². The number of aliphatic carboxylic acids is 1. The molecule has 0 aliphatic carbocycles. The van der Waals surface area contributed by atoms with Crippen LogP contribution in [0.2, 0.25) is 0 Å². The molecule has 1 aliphatic rings. The number of hydrogen-bond acceptors (Lipinski definition) is 3. The number of β-lactam (4-membered cyclic amide) rings is 1. The van der Waals surface area contributed by atoms with Gasteiger partial charge < -0.3 is 19.2 Å². The molecule has 91 valence electrons. The molecule has 0 spiro atoms. The third-order valence-corrected chi connectivity index (χ3v) is 2.59. The summed E-state index contributed by atoms with van der Waals surface area (Å²) in [5, 5.41) is 8.61. The van der Waals surface area contributed by atoms with Crippen LogP contribution in [0.4, 0.5) is 0 Å². The van der Waals surface area contributed by atoms with Crippen molar-refractivity contribution in [2.45, 2.75) is 18.9 Å². The molecule has 1 saturated heterocycles. The molecular formula is C11H12NO4V-. The van der Waals surface area contributed by atoms with Crippen LogP contribution < -0.4 is 0 Å². The number of rotatable bonds is 5. The largest absolute Gasteiger partial charge is 0.480 e. The number of carboxylic acid groups (broad SMARTS) is 1. The third-order valence-electron chi connectivity index (χ3n) is 2.59. The van der Waals surface area contributed by atoms with Gasteiger partial charge in [0.25, 0.3) is 0 Å². The zero-order valence-electron chi connectivity index (χ0n) is 9.07. The van der Waals surface area contributed by atoms with E-state index < -0.39 is 5.97 Å². The summed E-state index contributed by atoms with van der Waals surface area (Å²) in [7, 11) is 0. The monoisotopic (exact) mass is 273 g/mol. The molecule has 1 amide bonds. The summed E-state index contributed by atoms with van der Waals surface area (Å²) in [6.45, 7) is -0.224. The predicted molar refractivity (Wildman–Crippen MR) is 54.5 cm³/mol. The Kier molecular flexibility index (Phi) is 4.72. The van der Waals surface area contributed by atoms with E-state index in [0.717, 1.165) is 5.76 Å². The molecule has 6 heteroatoms. The molecule has 2 rings (SSSR count). The van der Waals surface area contributed by atoms with Gasteiger partial charge >= 0.3 is 5.97 Å². The van der Waals surface area contributed by atoms with Crippen molar-refractivity contribution in [1.82, 2.24) is 4.90 Å². The number of hydrogen-bond donors (Lipinski definition) is 1. The Balaban J connectivity index is 0.00000144. The van der Waals surface area contributed by atoms with Gasteiger partial charge in [-0.25, -0.2) is 0 Å². The zero-order chi connectivity index (χ0) is 11.5. The minimum absolute atomic E-state index is 0.